The summed E-state index contributed by atoms with van der Waals surface area (Å²) in [6.07, 6.45) is 0.265. The zero-order chi connectivity index (χ0) is 20.8. The second kappa shape index (κ2) is 9.39. The highest BCUT2D eigenvalue weighted by molar-refractivity contribution is 7.99. The van der Waals surface area contributed by atoms with Gasteiger partial charge in [-0.15, -0.1) is 10.2 Å². The number of benzene rings is 2. The van der Waals surface area contributed by atoms with Crippen molar-refractivity contribution in [3.63, 3.8) is 0 Å². The molecule has 0 spiro atoms. The smallest absolute Gasteiger partial charge is 0.277 e. The van der Waals surface area contributed by atoms with E-state index in [4.69, 9.17) is 9.68 Å². The van der Waals surface area contributed by atoms with E-state index in [0.29, 0.717) is 17.7 Å². The second-order valence-corrected chi connectivity index (χ2v) is 7.75. The van der Waals surface area contributed by atoms with Crippen molar-refractivity contribution >= 4 is 23.4 Å². The molecule has 1 aromatic heterocycles. The Labute approximate surface area is 174 Å². The molecule has 148 valence electrons. The SMILES string of the molecule is Cc1ccc(-c2nnc(SCC(=O)N(CCC#N)c3cc(C)cc(C)c3)o2)cc1. The lowest BCUT2D eigenvalue weighted by Crippen LogP contribution is -2.33. The number of anilines is 1. The molecule has 29 heavy (non-hydrogen) atoms. The van der Waals surface area contributed by atoms with Crippen LogP contribution in [0.4, 0.5) is 5.69 Å². The number of carbonyl (C=O) groups excluding carboxylic acids is 1. The maximum Gasteiger partial charge on any atom is 0.277 e. The number of hydrogen-bond donors (Lipinski definition) is 0. The summed E-state index contributed by atoms with van der Waals surface area (Å²) >= 11 is 1.20. The first kappa shape index (κ1) is 20.6. The summed E-state index contributed by atoms with van der Waals surface area (Å²) in [4.78, 5) is 14.5. The van der Waals surface area contributed by atoms with Gasteiger partial charge in [-0.2, -0.15) is 5.26 Å². The zero-order valence-corrected chi connectivity index (χ0v) is 17.5. The Morgan fingerprint density at radius 2 is 1.76 bits per heavy atom. The van der Waals surface area contributed by atoms with Crippen LogP contribution in [0.25, 0.3) is 11.5 Å². The molecule has 0 saturated heterocycles. The summed E-state index contributed by atoms with van der Waals surface area (Å²) in [6.45, 7) is 6.34. The average Bonchev–Trinajstić information content (AvgIpc) is 3.15. The van der Waals surface area contributed by atoms with Gasteiger partial charge in [-0.3, -0.25) is 4.79 Å². The quantitative estimate of drug-likeness (QED) is 0.529. The number of hydrogen-bond acceptors (Lipinski definition) is 6. The van der Waals surface area contributed by atoms with E-state index in [0.717, 1.165) is 27.9 Å². The van der Waals surface area contributed by atoms with Crippen molar-refractivity contribution < 1.29 is 9.21 Å². The second-order valence-electron chi connectivity index (χ2n) is 6.83. The van der Waals surface area contributed by atoms with Gasteiger partial charge < -0.3 is 9.32 Å². The maximum atomic E-state index is 12.9. The summed E-state index contributed by atoms with van der Waals surface area (Å²) < 4.78 is 5.68. The Bertz CT molecular complexity index is 1020. The van der Waals surface area contributed by atoms with Gasteiger partial charge in [0.05, 0.1) is 18.2 Å². The van der Waals surface area contributed by atoms with Crippen LogP contribution in [-0.4, -0.2) is 28.4 Å². The minimum absolute atomic E-state index is 0.106. The molecule has 3 aromatic rings. The Kier molecular flexibility index (Phi) is 6.68. The van der Waals surface area contributed by atoms with Crippen LogP contribution in [0.2, 0.25) is 0 Å². The normalized spacial score (nSPS) is 10.6. The van der Waals surface area contributed by atoms with Gasteiger partial charge in [0.2, 0.25) is 11.8 Å². The molecule has 0 aliphatic rings. The first-order valence-electron chi connectivity index (χ1n) is 9.25. The number of nitrogens with zero attached hydrogens (tertiary/aromatic N) is 4. The fourth-order valence-electron chi connectivity index (χ4n) is 2.95. The molecule has 0 unspecified atom stereocenters. The predicted octanol–water partition coefficient (Wildman–Crippen LogP) is 4.70. The topological polar surface area (TPSA) is 83.0 Å². The molecule has 0 atom stereocenters. The molecule has 0 N–H and O–H groups in total. The van der Waals surface area contributed by atoms with E-state index in [-0.39, 0.29) is 18.1 Å². The van der Waals surface area contributed by atoms with Gasteiger partial charge >= 0.3 is 0 Å². The highest BCUT2D eigenvalue weighted by atomic mass is 32.2. The highest BCUT2D eigenvalue weighted by Gasteiger charge is 2.18. The predicted molar refractivity (Wildman–Crippen MR) is 114 cm³/mol. The van der Waals surface area contributed by atoms with E-state index >= 15 is 0 Å². The number of amides is 1. The zero-order valence-electron chi connectivity index (χ0n) is 16.7. The molecule has 1 amide bonds. The summed E-state index contributed by atoms with van der Waals surface area (Å²) in [6, 6.07) is 15.9. The minimum Gasteiger partial charge on any atom is -0.411 e. The van der Waals surface area contributed by atoms with E-state index in [1.165, 1.54) is 11.8 Å². The van der Waals surface area contributed by atoms with Gasteiger partial charge in [0, 0.05) is 17.8 Å². The Balaban J connectivity index is 1.70. The van der Waals surface area contributed by atoms with Gasteiger partial charge in [0.25, 0.3) is 5.22 Å². The molecule has 6 nitrogen and oxygen atoms in total. The molecule has 0 bridgehead atoms. The molecule has 3 rings (SSSR count). The highest BCUT2D eigenvalue weighted by Crippen LogP contribution is 2.25. The van der Waals surface area contributed by atoms with Gasteiger partial charge in [0.15, 0.2) is 0 Å². The van der Waals surface area contributed by atoms with Crippen LogP contribution in [0.1, 0.15) is 23.1 Å². The third-order valence-electron chi connectivity index (χ3n) is 4.29. The Hall–Kier alpha value is -3.11. The number of nitriles is 1. The van der Waals surface area contributed by atoms with Crippen LogP contribution < -0.4 is 4.90 Å². The van der Waals surface area contributed by atoms with E-state index in [1.807, 2.05) is 57.2 Å². The van der Waals surface area contributed by atoms with Gasteiger partial charge in [-0.05, 0) is 56.2 Å². The van der Waals surface area contributed by atoms with Crippen molar-refractivity contribution in [2.45, 2.75) is 32.4 Å². The van der Waals surface area contributed by atoms with E-state index < -0.39 is 0 Å². The Morgan fingerprint density at radius 1 is 1.07 bits per heavy atom. The largest absolute Gasteiger partial charge is 0.411 e. The number of carbonyl (C=O) groups is 1. The van der Waals surface area contributed by atoms with Crippen LogP contribution in [0.3, 0.4) is 0 Å². The first-order valence-corrected chi connectivity index (χ1v) is 10.2. The summed E-state index contributed by atoms with van der Waals surface area (Å²) in [5.41, 5.74) is 4.93. The van der Waals surface area contributed by atoms with Crippen molar-refractivity contribution in [3.05, 3.63) is 59.2 Å². The lowest BCUT2D eigenvalue weighted by molar-refractivity contribution is -0.116. The minimum atomic E-state index is -0.106. The van der Waals surface area contributed by atoms with E-state index in [1.54, 1.807) is 4.90 Å². The molecule has 0 saturated carbocycles. The van der Waals surface area contributed by atoms with Crippen molar-refractivity contribution in [3.8, 4) is 17.5 Å². The fraction of sp³-hybridized carbons (Fsp3) is 0.273. The van der Waals surface area contributed by atoms with Crippen molar-refractivity contribution in [1.29, 1.82) is 5.26 Å². The summed E-state index contributed by atoms with van der Waals surface area (Å²) in [5.74, 6) is 0.467. The third-order valence-corrected chi connectivity index (χ3v) is 5.09. The number of aromatic nitrogens is 2. The lowest BCUT2D eigenvalue weighted by Gasteiger charge is -2.22. The summed E-state index contributed by atoms with van der Waals surface area (Å²) in [7, 11) is 0. The van der Waals surface area contributed by atoms with Crippen LogP contribution >= 0.6 is 11.8 Å². The molecular weight excluding hydrogens is 384 g/mol. The van der Waals surface area contributed by atoms with E-state index in [2.05, 4.69) is 22.3 Å². The van der Waals surface area contributed by atoms with Gasteiger partial charge in [-0.25, -0.2) is 0 Å². The average molecular weight is 407 g/mol. The molecule has 1 heterocycles. The molecule has 0 radical (unpaired) electrons. The van der Waals surface area contributed by atoms with Crippen molar-refractivity contribution in [2.75, 3.05) is 17.2 Å². The van der Waals surface area contributed by atoms with Crippen molar-refractivity contribution in [2.24, 2.45) is 0 Å². The maximum absolute atomic E-state index is 12.9. The molecule has 0 aliphatic heterocycles. The molecule has 0 fully saturated rings. The van der Waals surface area contributed by atoms with Crippen LogP contribution in [0.5, 0.6) is 0 Å². The standard InChI is InChI=1S/C22H22N4O2S/c1-15-5-7-18(8-6-15)21-24-25-22(28-21)29-14-20(27)26(10-4-9-23)19-12-16(2)11-17(3)13-19/h5-8,11-13H,4,10,14H2,1-3H3. The number of aryl methyl sites for hydroxylation is 3. The van der Waals surface area contributed by atoms with E-state index in [9.17, 15) is 4.79 Å². The molecular formula is C22H22N4O2S. The molecule has 0 aliphatic carbocycles. The number of rotatable bonds is 7. The van der Waals surface area contributed by atoms with Crippen LogP contribution in [0.15, 0.2) is 52.1 Å². The van der Waals surface area contributed by atoms with Gasteiger partial charge in [-0.1, -0.05) is 35.5 Å². The number of thioether (sulfide) groups is 1. The van der Waals surface area contributed by atoms with Crippen LogP contribution in [-0.2, 0) is 4.79 Å². The van der Waals surface area contributed by atoms with Crippen molar-refractivity contribution in [1.82, 2.24) is 10.2 Å². The third kappa shape index (κ3) is 5.46. The Morgan fingerprint density at radius 3 is 2.41 bits per heavy atom. The molecule has 2 aromatic carbocycles. The first-order chi connectivity index (χ1) is 14.0. The fourth-order valence-corrected chi connectivity index (χ4v) is 3.59. The molecule has 7 heteroatoms. The monoisotopic (exact) mass is 406 g/mol. The summed E-state index contributed by atoms with van der Waals surface area (Å²) in [5, 5.41) is 17.4. The van der Waals surface area contributed by atoms with Crippen LogP contribution in [0, 0.1) is 32.1 Å². The van der Waals surface area contributed by atoms with Gasteiger partial charge in [0.1, 0.15) is 0 Å². The lowest BCUT2D eigenvalue weighted by atomic mass is 10.1.